The Hall–Kier alpha value is -1.69. The van der Waals surface area contributed by atoms with Gasteiger partial charge in [0.2, 0.25) is 5.82 Å². The van der Waals surface area contributed by atoms with Crippen molar-refractivity contribution in [1.29, 1.82) is 0 Å². The Morgan fingerprint density at radius 2 is 1.96 bits per heavy atom. The Bertz CT molecular complexity index is 674. The van der Waals surface area contributed by atoms with Gasteiger partial charge in [-0.25, -0.2) is 4.98 Å². The number of nitrogens with zero attached hydrogens (tertiary/aromatic N) is 4. The molecular weight excluding hydrogens is 379 g/mol. The quantitative estimate of drug-likeness (QED) is 0.664. The van der Waals surface area contributed by atoms with Crippen molar-refractivity contribution >= 4 is 5.91 Å². The number of carbonyl (C=O) groups excluding carboxylic acids is 1. The van der Waals surface area contributed by atoms with Crippen molar-refractivity contribution in [2.24, 2.45) is 0 Å². The lowest BCUT2D eigenvalue weighted by molar-refractivity contribution is -0.147. The lowest BCUT2D eigenvalue weighted by Gasteiger charge is -2.26. The van der Waals surface area contributed by atoms with Crippen molar-refractivity contribution in [2.45, 2.75) is 19.3 Å². The fourth-order valence-corrected chi connectivity index (χ4v) is 3.33. The Morgan fingerprint density at radius 3 is 2.68 bits per heavy atom. The van der Waals surface area contributed by atoms with Crippen LogP contribution in [0.15, 0.2) is 0 Å². The smallest absolute Gasteiger partial charge is 0.379 e. The van der Waals surface area contributed by atoms with Gasteiger partial charge in [-0.2, -0.15) is 13.2 Å². The number of likely N-dealkylation sites (N-methyl/N-ethyl adjacent to an activating group) is 1. The number of amides is 1. The van der Waals surface area contributed by atoms with Gasteiger partial charge in [-0.15, -0.1) is 0 Å². The third kappa shape index (κ3) is 5.22. The molecule has 0 unspecified atom stereocenters. The number of rotatable bonds is 7. The number of hydrogen-bond acceptors (Lipinski definition) is 6. The second-order valence-electron chi connectivity index (χ2n) is 6.94. The zero-order valence-electron chi connectivity index (χ0n) is 15.9. The van der Waals surface area contributed by atoms with E-state index in [1.54, 1.807) is 7.05 Å². The number of imidazole rings is 1. The second kappa shape index (κ2) is 9.21. The molecule has 3 heterocycles. The van der Waals surface area contributed by atoms with Crippen LogP contribution in [-0.2, 0) is 28.7 Å². The predicted molar refractivity (Wildman–Crippen MR) is 94.0 cm³/mol. The zero-order valence-corrected chi connectivity index (χ0v) is 15.9. The van der Waals surface area contributed by atoms with Crippen molar-refractivity contribution in [3.63, 3.8) is 0 Å². The highest BCUT2D eigenvalue weighted by atomic mass is 19.4. The van der Waals surface area contributed by atoms with Crippen LogP contribution in [0.5, 0.6) is 0 Å². The molecule has 0 spiro atoms. The molecule has 1 N–H and O–H groups in total. The van der Waals surface area contributed by atoms with Gasteiger partial charge in [0.1, 0.15) is 0 Å². The molecule has 0 radical (unpaired) electrons. The first kappa shape index (κ1) is 21.0. The Labute approximate surface area is 161 Å². The molecule has 1 saturated heterocycles. The van der Waals surface area contributed by atoms with Gasteiger partial charge in [0, 0.05) is 45.8 Å². The first-order chi connectivity index (χ1) is 13.4. The molecule has 1 aromatic heterocycles. The van der Waals surface area contributed by atoms with E-state index in [2.05, 4.69) is 15.2 Å². The van der Waals surface area contributed by atoms with E-state index in [1.807, 2.05) is 4.90 Å². The van der Waals surface area contributed by atoms with E-state index in [0.29, 0.717) is 18.8 Å². The summed E-state index contributed by atoms with van der Waals surface area (Å²) in [6, 6.07) is 0. The van der Waals surface area contributed by atoms with Gasteiger partial charge in [-0.05, 0) is 7.05 Å². The van der Waals surface area contributed by atoms with Gasteiger partial charge in [-0.3, -0.25) is 14.6 Å². The molecule has 0 aromatic carbocycles. The van der Waals surface area contributed by atoms with Crippen LogP contribution in [0.2, 0.25) is 0 Å². The minimum Gasteiger partial charge on any atom is -0.379 e. The summed E-state index contributed by atoms with van der Waals surface area (Å²) in [7, 11) is 1.80. The molecule has 11 heteroatoms. The maximum Gasteiger partial charge on any atom is 0.449 e. The fourth-order valence-electron chi connectivity index (χ4n) is 3.33. The van der Waals surface area contributed by atoms with E-state index in [-0.39, 0.29) is 31.9 Å². The minimum absolute atomic E-state index is 0.158. The van der Waals surface area contributed by atoms with Gasteiger partial charge in [0.25, 0.3) is 5.91 Å². The molecule has 3 rings (SSSR count). The molecule has 28 heavy (non-hydrogen) atoms. The summed E-state index contributed by atoms with van der Waals surface area (Å²) >= 11 is 0. The highest BCUT2D eigenvalue weighted by Crippen LogP contribution is 2.32. The van der Waals surface area contributed by atoms with Gasteiger partial charge < -0.3 is 19.4 Å². The standard InChI is InChI=1S/C17H26F3N5O3/c1-23-3-4-25-13(12-23)14(22-16(25)17(18,19)20)15(26)21-2-8-27-9-5-24-6-10-28-11-7-24/h2-12H2,1H3,(H,21,26). The van der Waals surface area contributed by atoms with Crippen LogP contribution < -0.4 is 5.32 Å². The number of morpholine rings is 1. The van der Waals surface area contributed by atoms with Crippen LogP contribution in [-0.4, -0.2) is 91.5 Å². The van der Waals surface area contributed by atoms with Crippen LogP contribution in [0.1, 0.15) is 22.0 Å². The molecule has 1 amide bonds. The number of fused-ring (bicyclic) bond motifs is 1. The zero-order chi connectivity index (χ0) is 20.1. The Morgan fingerprint density at radius 1 is 1.21 bits per heavy atom. The summed E-state index contributed by atoms with van der Waals surface area (Å²) in [4.78, 5) is 20.1. The minimum atomic E-state index is -4.59. The van der Waals surface area contributed by atoms with Crippen LogP contribution in [0.25, 0.3) is 0 Å². The van der Waals surface area contributed by atoms with Gasteiger partial charge in [0.05, 0.1) is 32.1 Å². The van der Waals surface area contributed by atoms with Gasteiger partial charge in [0.15, 0.2) is 5.69 Å². The van der Waals surface area contributed by atoms with Crippen molar-refractivity contribution < 1.29 is 27.4 Å². The topological polar surface area (TPSA) is 71.9 Å². The summed E-state index contributed by atoms with van der Waals surface area (Å²) in [5.74, 6) is -1.62. The van der Waals surface area contributed by atoms with Crippen LogP contribution in [0, 0.1) is 0 Å². The summed E-state index contributed by atoms with van der Waals surface area (Å²) < 4.78 is 51.6. The highest BCUT2D eigenvalue weighted by Gasteiger charge is 2.40. The van der Waals surface area contributed by atoms with E-state index in [4.69, 9.17) is 9.47 Å². The van der Waals surface area contributed by atoms with E-state index >= 15 is 0 Å². The summed E-state index contributed by atoms with van der Waals surface area (Å²) in [5, 5.41) is 2.61. The van der Waals surface area contributed by atoms with Crippen LogP contribution in [0.3, 0.4) is 0 Å². The largest absolute Gasteiger partial charge is 0.449 e. The maximum atomic E-state index is 13.2. The number of alkyl halides is 3. The Kier molecular flexibility index (Phi) is 6.91. The molecule has 158 valence electrons. The highest BCUT2D eigenvalue weighted by molar-refractivity contribution is 5.93. The van der Waals surface area contributed by atoms with Gasteiger partial charge in [-0.1, -0.05) is 0 Å². The van der Waals surface area contributed by atoms with Crippen molar-refractivity contribution in [2.75, 3.05) is 66.2 Å². The number of carbonyl (C=O) groups is 1. The monoisotopic (exact) mass is 405 g/mol. The Balaban J connectivity index is 1.49. The lowest BCUT2D eigenvalue weighted by Crippen LogP contribution is -2.38. The third-order valence-corrected chi connectivity index (χ3v) is 4.85. The molecule has 2 aliphatic rings. The lowest BCUT2D eigenvalue weighted by atomic mass is 10.2. The third-order valence-electron chi connectivity index (χ3n) is 4.85. The first-order valence-electron chi connectivity index (χ1n) is 9.37. The van der Waals surface area contributed by atoms with E-state index in [0.717, 1.165) is 37.4 Å². The maximum absolute atomic E-state index is 13.2. The molecule has 0 saturated carbocycles. The summed E-state index contributed by atoms with van der Waals surface area (Å²) in [5.41, 5.74) is 0.138. The van der Waals surface area contributed by atoms with E-state index in [1.165, 1.54) is 0 Å². The summed E-state index contributed by atoms with van der Waals surface area (Å²) in [6.45, 7) is 5.90. The molecule has 1 aromatic rings. The molecule has 1 fully saturated rings. The van der Waals surface area contributed by atoms with E-state index in [9.17, 15) is 18.0 Å². The normalized spacial score (nSPS) is 18.9. The van der Waals surface area contributed by atoms with Crippen molar-refractivity contribution in [3.8, 4) is 0 Å². The second-order valence-corrected chi connectivity index (χ2v) is 6.94. The fraction of sp³-hybridized carbons (Fsp3) is 0.765. The average Bonchev–Trinajstić information content (AvgIpc) is 3.04. The molecule has 0 atom stereocenters. The van der Waals surface area contributed by atoms with Crippen molar-refractivity contribution in [1.82, 2.24) is 24.7 Å². The van der Waals surface area contributed by atoms with Crippen LogP contribution in [0.4, 0.5) is 13.2 Å². The summed E-state index contributed by atoms with van der Waals surface area (Å²) in [6.07, 6.45) is -4.59. The van der Waals surface area contributed by atoms with E-state index < -0.39 is 17.9 Å². The number of nitrogens with one attached hydrogen (secondary N) is 1. The molecular formula is C17H26F3N5O3. The number of aromatic nitrogens is 2. The molecule has 2 aliphatic heterocycles. The molecule has 8 nitrogen and oxygen atoms in total. The SMILES string of the molecule is CN1CCn2c(C(F)(F)F)nc(C(=O)NCCOCCN3CCOCC3)c2C1. The molecule has 0 aliphatic carbocycles. The number of hydrogen-bond donors (Lipinski definition) is 1. The predicted octanol–water partition coefficient (Wildman–Crippen LogP) is 0.426. The average molecular weight is 405 g/mol. The molecule has 0 bridgehead atoms. The first-order valence-corrected chi connectivity index (χ1v) is 9.37. The van der Waals surface area contributed by atoms with Gasteiger partial charge >= 0.3 is 6.18 Å². The van der Waals surface area contributed by atoms with Crippen molar-refractivity contribution in [3.05, 3.63) is 17.2 Å². The number of ether oxygens (including phenoxy) is 2. The number of halogens is 3. The van der Waals surface area contributed by atoms with Crippen LogP contribution >= 0.6 is 0 Å².